The molecule has 0 fully saturated rings. The highest BCUT2D eigenvalue weighted by molar-refractivity contribution is 5.37. The van der Waals surface area contributed by atoms with Crippen LogP contribution in [0, 0.1) is 5.82 Å². The average Bonchev–Trinajstić information content (AvgIpc) is 2.36. The van der Waals surface area contributed by atoms with Gasteiger partial charge in [-0.25, -0.2) is 4.39 Å². The number of ether oxygens (including phenoxy) is 1. The number of halogens is 1. The van der Waals surface area contributed by atoms with Crippen LogP contribution in [0.4, 0.5) is 4.39 Å². The molecule has 1 unspecified atom stereocenters. The first-order valence-corrected chi connectivity index (χ1v) is 6.85. The molecule has 0 aliphatic rings. The van der Waals surface area contributed by atoms with Crippen molar-refractivity contribution in [1.82, 2.24) is 10.2 Å². The van der Waals surface area contributed by atoms with Crippen molar-refractivity contribution in [3.05, 3.63) is 29.6 Å². The van der Waals surface area contributed by atoms with Gasteiger partial charge in [0.15, 0.2) is 11.6 Å². The molecule has 0 aromatic heterocycles. The van der Waals surface area contributed by atoms with E-state index in [0.717, 1.165) is 25.1 Å². The van der Waals surface area contributed by atoms with Gasteiger partial charge in [0.05, 0.1) is 6.61 Å². The summed E-state index contributed by atoms with van der Waals surface area (Å²) in [7, 11) is 4.03. The monoisotopic (exact) mass is 268 g/mol. The summed E-state index contributed by atoms with van der Waals surface area (Å²) < 4.78 is 19.5. The third kappa shape index (κ3) is 5.17. The van der Waals surface area contributed by atoms with Crippen molar-refractivity contribution in [2.75, 3.05) is 33.8 Å². The Morgan fingerprint density at radius 2 is 2.11 bits per heavy atom. The summed E-state index contributed by atoms with van der Waals surface area (Å²) >= 11 is 0. The minimum atomic E-state index is -0.285. The van der Waals surface area contributed by atoms with Gasteiger partial charge in [-0.05, 0) is 40.1 Å². The molecule has 0 saturated carbocycles. The molecule has 0 heterocycles. The third-order valence-corrected chi connectivity index (χ3v) is 2.97. The number of nitrogens with one attached hydrogen (secondary N) is 1. The fourth-order valence-electron chi connectivity index (χ4n) is 1.99. The Kier molecular flexibility index (Phi) is 6.81. The number of benzene rings is 1. The fraction of sp³-hybridized carbons (Fsp3) is 0.600. The average molecular weight is 268 g/mol. The van der Waals surface area contributed by atoms with Crippen molar-refractivity contribution in [2.45, 2.75) is 26.3 Å². The minimum absolute atomic E-state index is 0.0875. The topological polar surface area (TPSA) is 24.5 Å². The van der Waals surface area contributed by atoms with Crippen molar-refractivity contribution in [2.24, 2.45) is 0 Å². The number of rotatable bonds is 8. The standard InChI is InChI=1S/C15H25FN2O/c1-5-17-12(2)13-8-6-9-14(16)15(13)19-11-7-10-18(3)4/h6,8-9,12,17H,5,7,10-11H2,1-4H3. The molecule has 0 radical (unpaired) electrons. The molecular formula is C15H25FN2O. The zero-order valence-electron chi connectivity index (χ0n) is 12.4. The van der Waals surface area contributed by atoms with E-state index in [0.29, 0.717) is 12.4 Å². The maximum Gasteiger partial charge on any atom is 0.165 e. The number of nitrogens with zero attached hydrogens (tertiary/aromatic N) is 1. The number of hydrogen-bond acceptors (Lipinski definition) is 3. The summed E-state index contributed by atoms with van der Waals surface area (Å²) in [6.07, 6.45) is 0.885. The predicted molar refractivity (Wildman–Crippen MR) is 77.2 cm³/mol. The van der Waals surface area contributed by atoms with Gasteiger partial charge in [-0.15, -0.1) is 0 Å². The molecule has 0 aliphatic carbocycles. The van der Waals surface area contributed by atoms with E-state index in [1.807, 2.05) is 34.0 Å². The molecule has 1 rings (SSSR count). The molecule has 0 amide bonds. The van der Waals surface area contributed by atoms with Gasteiger partial charge < -0.3 is 15.0 Å². The van der Waals surface area contributed by atoms with Crippen molar-refractivity contribution in [3.8, 4) is 5.75 Å². The Hall–Kier alpha value is -1.13. The van der Waals surface area contributed by atoms with Gasteiger partial charge in [0, 0.05) is 18.2 Å². The van der Waals surface area contributed by atoms with Crippen LogP contribution >= 0.6 is 0 Å². The van der Waals surface area contributed by atoms with Crippen molar-refractivity contribution >= 4 is 0 Å². The van der Waals surface area contributed by atoms with Crippen LogP contribution in [0.2, 0.25) is 0 Å². The van der Waals surface area contributed by atoms with Crippen LogP contribution in [-0.4, -0.2) is 38.7 Å². The Morgan fingerprint density at radius 1 is 1.37 bits per heavy atom. The minimum Gasteiger partial charge on any atom is -0.490 e. The van der Waals surface area contributed by atoms with E-state index in [2.05, 4.69) is 10.2 Å². The second-order valence-electron chi connectivity index (χ2n) is 4.94. The summed E-state index contributed by atoms with van der Waals surface area (Å²) in [6.45, 7) is 6.37. The molecule has 1 N–H and O–H groups in total. The zero-order valence-corrected chi connectivity index (χ0v) is 12.4. The molecule has 1 aromatic rings. The number of para-hydroxylation sites is 1. The first-order valence-electron chi connectivity index (χ1n) is 6.85. The van der Waals surface area contributed by atoms with E-state index in [1.54, 1.807) is 6.07 Å². The highest BCUT2D eigenvalue weighted by Gasteiger charge is 2.14. The SMILES string of the molecule is CCNC(C)c1cccc(F)c1OCCCN(C)C. The first kappa shape index (κ1) is 15.9. The van der Waals surface area contributed by atoms with Crippen molar-refractivity contribution < 1.29 is 9.13 Å². The predicted octanol–water partition coefficient (Wildman–Crippen LogP) is 2.83. The molecule has 0 bridgehead atoms. The normalized spacial score (nSPS) is 12.7. The van der Waals surface area contributed by atoms with Crippen LogP contribution in [0.5, 0.6) is 5.75 Å². The van der Waals surface area contributed by atoms with E-state index < -0.39 is 0 Å². The Morgan fingerprint density at radius 3 is 2.74 bits per heavy atom. The molecule has 0 saturated heterocycles. The Balaban J connectivity index is 2.69. The molecule has 3 nitrogen and oxygen atoms in total. The smallest absolute Gasteiger partial charge is 0.165 e. The fourth-order valence-corrected chi connectivity index (χ4v) is 1.99. The second-order valence-corrected chi connectivity index (χ2v) is 4.94. The molecule has 1 aromatic carbocycles. The quantitative estimate of drug-likeness (QED) is 0.734. The van der Waals surface area contributed by atoms with E-state index in [-0.39, 0.29) is 11.9 Å². The molecule has 0 aliphatic heterocycles. The first-order chi connectivity index (χ1) is 9.06. The lowest BCUT2D eigenvalue weighted by Gasteiger charge is -2.18. The van der Waals surface area contributed by atoms with E-state index in [9.17, 15) is 4.39 Å². The summed E-state index contributed by atoms with van der Waals surface area (Å²) in [5.41, 5.74) is 0.881. The lowest BCUT2D eigenvalue weighted by molar-refractivity contribution is 0.266. The van der Waals surface area contributed by atoms with Gasteiger partial charge in [-0.2, -0.15) is 0 Å². The lowest BCUT2D eigenvalue weighted by atomic mass is 10.1. The second kappa shape index (κ2) is 8.12. The van der Waals surface area contributed by atoms with Crippen molar-refractivity contribution in [3.63, 3.8) is 0 Å². The van der Waals surface area contributed by atoms with Gasteiger partial charge in [0.2, 0.25) is 0 Å². The maximum atomic E-state index is 13.9. The van der Waals surface area contributed by atoms with Gasteiger partial charge in [0.25, 0.3) is 0 Å². The molecule has 4 heteroatoms. The van der Waals surface area contributed by atoms with Gasteiger partial charge in [-0.3, -0.25) is 0 Å². The van der Waals surface area contributed by atoms with E-state index >= 15 is 0 Å². The highest BCUT2D eigenvalue weighted by atomic mass is 19.1. The summed E-state index contributed by atoms with van der Waals surface area (Å²) in [4.78, 5) is 2.09. The van der Waals surface area contributed by atoms with Crippen LogP contribution in [0.25, 0.3) is 0 Å². The van der Waals surface area contributed by atoms with Crippen LogP contribution < -0.4 is 10.1 Å². The molecule has 0 spiro atoms. The van der Waals surface area contributed by atoms with Crippen molar-refractivity contribution in [1.29, 1.82) is 0 Å². The van der Waals surface area contributed by atoms with E-state index in [1.165, 1.54) is 6.07 Å². The Bertz CT molecular complexity index is 382. The highest BCUT2D eigenvalue weighted by Crippen LogP contribution is 2.28. The van der Waals surface area contributed by atoms with Gasteiger partial charge in [0.1, 0.15) is 0 Å². The number of hydrogen-bond donors (Lipinski definition) is 1. The molecular weight excluding hydrogens is 243 g/mol. The Labute approximate surface area is 115 Å². The molecule has 1 atom stereocenters. The lowest BCUT2D eigenvalue weighted by Crippen LogP contribution is -2.20. The van der Waals surface area contributed by atoms with Crippen LogP contribution in [-0.2, 0) is 0 Å². The van der Waals surface area contributed by atoms with Crippen LogP contribution in [0.3, 0.4) is 0 Å². The van der Waals surface area contributed by atoms with Crippen LogP contribution in [0.15, 0.2) is 18.2 Å². The van der Waals surface area contributed by atoms with Gasteiger partial charge in [-0.1, -0.05) is 19.1 Å². The van der Waals surface area contributed by atoms with Crippen LogP contribution in [0.1, 0.15) is 31.9 Å². The molecule has 108 valence electrons. The summed E-state index contributed by atoms with van der Waals surface area (Å²) in [5, 5.41) is 3.28. The summed E-state index contributed by atoms with van der Waals surface area (Å²) in [6, 6.07) is 5.18. The van der Waals surface area contributed by atoms with E-state index in [4.69, 9.17) is 4.74 Å². The van der Waals surface area contributed by atoms with Gasteiger partial charge >= 0.3 is 0 Å². The zero-order chi connectivity index (χ0) is 14.3. The maximum absolute atomic E-state index is 13.9. The largest absolute Gasteiger partial charge is 0.490 e. The summed E-state index contributed by atoms with van der Waals surface area (Å²) in [5.74, 6) is 0.0989. The third-order valence-electron chi connectivity index (χ3n) is 2.97. The molecule has 19 heavy (non-hydrogen) atoms.